The monoisotopic (exact) mass is 289 g/mol. The molecular weight excluding hydrogens is 270 g/mol. The van der Waals surface area contributed by atoms with Gasteiger partial charge in [-0.3, -0.25) is 4.21 Å². The number of aromatic nitrogens is 1. The Hall–Kier alpha value is -1.18. The second kappa shape index (κ2) is 5.85. The standard InChI is InChI=1S/C12H19NO5S/c1-15-9-6-11(13-7-10(9)16-2)19(3,14)12-8-17-4-5-18-12/h6-7,12,19H,4-5,8H2,1-3H3. The average molecular weight is 289 g/mol. The lowest BCUT2D eigenvalue weighted by molar-refractivity contribution is -0.0529. The van der Waals surface area contributed by atoms with Gasteiger partial charge < -0.3 is 18.9 Å². The molecule has 2 rings (SSSR count). The van der Waals surface area contributed by atoms with Crippen LogP contribution in [-0.4, -0.2) is 54.9 Å². The molecule has 0 N–H and O–H groups in total. The second-order valence-electron chi connectivity index (χ2n) is 4.29. The van der Waals surface area contributed by atoms with E-state index in [-0.39, 0.29) is 0 Å². The third kappa shape index (κ3) is 2.88. The molecule has 19 heavy (non-hydrogen) atoms. The van der Waals surface area contributed by atoms with Gasteiger partial charge in [-0.2, -0.15) is 0 Å². The van der Waals surface area contributed by atoms with Gasteiger partial charge in [0.25, 0.3) is 0 Å². The Bertz CT molecular complexity index is 487. The maximum Gasteiger partial charge on any atom is 0.179 e. The van der Waals surface area contributed by atoms with Crippen molar-refractivity contribution in [3.8, 4) is 11.5 Å². The highest BCUT2D eigenvalue weighted by atomic mass is 32.2. The molecule has 108 valence electrons. The first-order valence-corrected chi connectivity index (χ1v) is 8.17. The van der Waals surface area contributed by atoms with Crippen LogP contribution in [0.1, 0.15) is 0 Å². The molecule has 0 bridgehead atoms. The fourth-order valence-corrected chi connectivity index (χ4v) is 3.61. The first-order chi connectivity index (χ1) is 9.09. The van der Waals surface area contributed by atoms with Crippen LogP contribution >= 0.6 is 0 Å². The van der Waals surface area contributed by atoms with E-state index in [0.29, 0.717) is 36.3 Å². The summed E-state index contributed by atoms with van der Waals surface area (Å²) in [5, 5.41) is 0.459. The van der Waals surface area contributed by atoms with Gasteiger partial charge >= 0.3 is 0 Å². The summed E-state index contributed by atoms with van der Waals surface area (Å²) in [5.74, 6) is 1.01. The van der Waals surface area contributed by atoms with Crippen LogP contribution in [0.15, 0.2) is 17.3 Å². The summed E-state index contributed by atoms with van der Waals surface area (Å²) in [6.07, 6.45) is 3.16. The quantitative estimate of drug-likeness (QED) is 0.813. The minimum absolute atomic E-state index is 0.323. The number of ether oxygens (including phenoxy) is 4. The van der Waals surface area contributed by atoms with Crippen molar-refractivity contribution >= 4 is 9.93 Å². The number of pyridine rings is 1. The molecule has 7 heteroatoms. The fraction of sp³-hybridized carbons (Fsp3) is 0.583. The van der Waals surface area contributed by atoms with Gasteiger partial charge in [0.05, 0.1) is 40.2 Å². The maximum absolute atomic E-state index is 12.9. The van der Waals surface area contributed by atoms with Crippen LogP contribution in [0, 0.1) is 0 Å². The lowest BCUT2D eigenvalue weighted by Crippen LogP contribution is -2.39. The molecule has 1 unspecified atom stereocenters. The van der Waals surface area contributed by atoms with Crippen LogP contribution in [-0.2, 0) is 19.4 Å². The third-order valence-electron chi connectivity index (χ3n) is 3.06. The number of thiol groups is 1. The van der Waals surface area contributed by atoms with Crippen molar-refractivity contribution in [3.63, 3.8) is 0 Å². The van der Waals surface area contributed by atoms with Crippen molar-refractivity contribution in [1.82, 2.24) is 4.98 Å². The van der Waals surface area contributed by atoms with Gasteiger partial charge in [-0.1, -0.05) is 0 Å². The molecule has 0 radical (unpaired) electrons. The Balaban J connectivity index is 2.31. The minimum Gasteiger partial charge on any atom is -0.493 e. The van der Waals surface area contributed by atoms with Gasteiger partial charge in [0.15, 0.2) is 11.5 Å². The molecule has 1 saturated heterocycles. The van der Waals surface area contributed by atoms with E-state index in [9.17, 15) is 4.21 Å². The molecule has 6 nitrogen and oxygen atoms in total. The van der Waals surface area contributed by atoms with Crippen molar-refractivity contribution < 1.29 is 23.2 Å². The van der Waals surface area contributed by atoms with E-state index in [0.717, 1.165) is 0 Å². The molecular formula is C12H19NO5S. The van der Waals surface area contributed by atoms with Gasteiger partial charge in [-0.25, -0.2) is 4.98 Å². The normalized spacial score (nSPS) is 20.9. The Morgan fingerprint density at radius 1 is 1.32 bits per heavy atom. The number of hydrogen-bond donors (Lipinski definition) is 1. The van der Waals surface area contributed by atoms with Crippen LogP contribution in [0.5, 0.6) is 11.5 Å². The van der Waals surface area contributed by atoms with E-state index in [2.05, 4.69) is 4.98 Å². The first-order valence-electron chi connectivity index (χ1n) is 5.94. The molecule has 1 aliphatic heterocycles. The van der Waals surface area contributed by atoms with Crippen LogP contribution in [0.4, 0.5) is 0 Å². The van der Waals surface area contributed by atoms with Crippen LogP contribution in [0.25, 0.3) is 0 Å². The Morgan fingerprint density at radius 2 is 2.05 bits per heavy atom. The predicted octanol–water partition coefficient (Wildman–Crippen LogP) is 0.477. The topological polar surface area (TPSA) is 66.9 Å². The summed E-state index contributed by atoms with van der Waals surface area (Å²) >= 11 is 0. The van der Waals surface area contributed by atoms with E-state index in [1.807, 2.05) is 0 Å². The molecule has 0 aliphatic carbocycles. The summed E-state index contributed by atoms with van der Waals surface area (Å²) in [5.41, 5.74) is -0.452. The smallest absolute Gasteiger partial charge is 0.179 e. The Labute approximate surface area is 113 Å². The van der Waals surface area contributed by atoms with Gasteiger partial charge in [0.1, 0.15) is 10.5 Å². The molecule has 0 saturated carbocycles. The molecule has 1 atom stereocenters. The largest absolute Gasteiger partial charge is 0.493 e. The van der Waals surface area contributed by atoms with Crippen molar-refractivity contribution in [2.75, 3.05) is 40.3 Å². The van der Waals surface area contributed by atoms with E-state index >= 15 is 0 Å². The number of nitrogens with zero attached hydrogens (tertiary/aromatic N) is 1. The molecule has 0 amide bonds. The average Bonchev–Trinajstić information content (AvgIpc) is 2.47. The van der Waals surface area contributed by atoms with E-state index < -0.39 is 15.4 Å². The van der Waals surface area contributed by atoms with Crippen LogP contribution in [0.2, 0.25) is 0 Å². The zero-order chi connectivity index (χ0) is 13.9. The Kier molecular flexibility index (Phi) is 4.38. The van der Waals surface area contributed by atoms with Crippen LogP contribution < -0.4 is 9.47 Å². The summed E-state index contributed by atoms with van der Waals surface area (Å²) < 4.78 is 34.0. The van der Waals surface area contributed by atoms with Gasteiger partial charge in [-0.05, 0) is 16.2 Å². The molecule has 1 aromatic heterocycles. The van der Waals surface area contributed by atoms with E-state index in [4.69, 9.17) is 18.9 Å². The number of rotatable bonds is 4. The highest BCUT2D eigenvalue weighted by Crippen LogP contribution is 2.31. The van der Waals surface area contributed by atoms with Gasteiger partial charge in [-0.15, -0.1) is 0 Å². The SMILES string of the molecule is COc1cnc([SH](C)(=O)C2COCCO2)cc1OC. The van der Waals surface area contributed by atoms with E-state index in [1.165, 1.54) is 20.4 Å². The molecule has 1 fully saturated rings. The van der Waals surface area contributed by atoms with Gasteiger partial charge in [0.2, 0.25) is 0 Å². The van der Waals surface area contributed by atoms with Crippen molar-refractivity contribution in [2.24, 2.45) is 0 Å². The summed E-state index contributed by atoms with van der Waals surface area (Å²) in [7, 11) is 0.276. The molecule has 1 aromatic rings. The maximum atomic E-state index is 12.9. The molecule has 1 aliphatic rings. The number of hydrogen-bond acceptors (Lipinski definition) is 6. The second-order valence-corrected chi connectivity index (χ2v) is 7.30. The highest BCUT2D eigenvalue weighted by molar-refractivity contribution is 8.02. The van der Waals surface area contributed by atoms with Crippen molar-refractivity contribution in [1.29, 1.82) is 0 Å². The van der Waals surface area contributed by atoms with Crippen molar-refractivity contribution in [3.05, 3.63) is 12.3 Å². The van der Waals surface area contributed by atoms with E-state index in [1.54, 1.807) is 12.3 Å². The lowest BCUT2D eigenvalue weighted by atomic mass is 10.4. The van der Waals surface area contributed by atoms with Gasteiger partial charge in [0, 0.05) is 6.07 Å². The molecule has 0 spiro atoms. The molecule has 0 aromatic carbocycles. The summed E-state index contributed by atoms with van der Waals surface area (Å²) in [6, 6.07) is 1.64. The zero-order valence-electron chi connectivity index (χ0n) is 11.3. The third-order valence-corrected chi connectivity index (χ3v) is 5.61. The molecule has 2 heterocycles. The highest BCUT2D eigenvalue weighted by Gasteiger charge is 2.30. The first kappa shape index (κ1) is 14.2. The Morgan fingerprint density at radius 3 is 2.63 bits per heavy atom. The van der Waals surface area contributed by atoms with Crippen LogP contribution in [0.3, 0.4) is 0 Å². The summed E-state index contributed by atoms with van der Waals surface area (Å²) in [6.45, 7) is 1.31. The fourth-order valence-electron chi connectivity index (χ4n) is 1.88. The van der Waals surface area contributed by atoms with Crippen molar-refractivity contribution in [2.45, 2.75) is 10.5 Å². The lowest BCUT2D eigenvalue weighted by Gasteiger charge is -2.31. The summed E-state index contributed by atoms with van der Waals surface area (Å²) in [4.78, 5) is 4.20. The number of methoxy groups -OCH3 is 2. The predicted molar refractivity (Wildman–Crippen MR) is 71.6 cm³/mol. The zero-order valence-corrected chi connectivity index (χ0v) is 12.2. The minimum atomic E-state index is -2.78.